The van der Waals surface area contributed by atoms with Crippen LogP contribution >= 0.6 is 23.2 Å². The number of likely N-dealkylation sites (tertiary alicyclic amines) is 1. The third-order valence-electron chi connectivity index (χ3n) is 4.32. The van der Waals surface area contributed by atoms with Crippen LogP contribution < -0.4 is 5.73 Å². The van der Waals surface area contributed by atoms with Crippen LogP contribution in [0.3, 0.4) is 0 Å². The van der Waals surface area contributed by atoms with E-state index in [9.17, 15) is 4.79 Å². The van der Waals surface area contributed by atoms with Crippen LogP contribution in [-0.4, -0.2) is 29.9 Å². The fourth-order valence-electron chi connectivity index (χ4n) is 2.97. The van der Waals surface area contributed by atoms with Crippen LogP contribution in [0, 0.1) is 5.92 Å². The van der Waals surface area contributed by atoms with E-state index in [-0.39, 0.29) is 23.8 Å². The Morgan fingerprint density at radius 1 is 1.25 bits per heavy atom. The molecular weight excluding hydrogens is 295 g/mol. The van der Waals surface area contributed by atoms with Crippen molar-refractivity contribution in [2.75, 3.05) is 13.1 Å². The molecule has 0 aromatic heterocycles. The van der Waals surface area contributed by atoms with E-state index < -0.39 is 0 Å². The number of rotatable bonds is 2. The molecule has 2 N–H and O–H groups in total. The lowest BCUT2D eigenvalue weighted by atomic mass is 10.0. The average molecular weight is 313 g/mol. The first-order valence-electron chi connectivity index (χ1n) is 7.05. The summed E-state index contributed by atoms with van der Waals surface area (Å²) < 4.78 is 0. The number of hydrogen-bond donors (Lipinski definition) is 1. The second-order valence-corrected chi connectivity index (χ2v) is 6.62. The molecule has 1 aromatic carbocycles. The smallest absolute Gasteiger partial charge is 0.226 e. The lowest BCUT2D eigenvalue weighted by Gasteiger charge is -2.30. The van der Waals surface area contributed by atoms with Crippen LogP contribution in [0.25, 0.3) is 0 Å². The molecule has 0 radical (unpaired) electrons. The zero-order valence-corrected chi connectivity index (χ0v) is 12.7. The number of halogens is 2. The maximum atomic E-state index is 12.4. The van der Waals surface area contributed by atoms with Gasteiger partial charge in [-0.05, 0) is 42.9 Å². The minimum absolute atomic E-state index is 0.0861. The van der Waals surface area contributed by atoms with E-state index in [2.05, 4.69) is 0 Å². The quantitative estimate of drug-likeness (QED) is 0.912. The molecule has 1 amide bonds. The number of hydrogen-bond acceptors (Lipinski definition) is 2. The summed E-state index contributed by atoms with van der Waals surface area (Å²) in [6, 6.07) is 5.77. The van der Waals surface area contributed by atoms with Crippen LogP contribution in [0.2, 0.25) is 10.0 Å². The van der Waals surface area contributed by atoms with E-state index in [1.54, 1.807) is 6.07 Å². The molecule has 2 atom stereocenters. The van der Waals surface area contributed by atoms with Crippen LogP contribution in [0.15, 0.2) is 18.2 Å². The molecule has 5 heteroatoms. The zero-order valence-electron chi connectivity index (χ0n) is 11.2. The van der Waals surface area contributed by atoms with Gasteiger partial charge in [0.15, 0.2) is 0 Å². The Kier molecular flexibility index (Phi) is 3.93. The summed E-state index contributed by atoms with van der Waals surface area (Å²) in [5.74, 6) is 0.596. The highest BCUT2D eigenvalue weighted by Gasteiger charge is 2.46. The SMILES string of the molecule is NC1CCN(C(=O)[C@H]2C[C@H]2c2ccc(Cl)cc2Cl)CC1. The molecule has 0 bridgehead atoms. The van der Waals surface area contributed by atoms with Gasteiger partial charge in [0.25, 0.3) is 0 Å². The van der Waals surface area contributed by atoms with E-state index in [0.717, 1.165) is 37.9 Å². The van der Waals surface area contributed by atoms with E-state index >= 15 is 0 Å². The van der Waals surface area contributed by atoms with Gasteiger partial charge in [-0.15, -0.1) is 0 Å². The van der Waals surface area contributed by atoms with E-state index in [0.29, 0.717) is 10.0 Å². The molecular formula is C15H18Cl2N2O. The molecule has 0 spiro atoms. The fraction of sp³-hybridized carbons (Fsp3) is 0.533. The van der Waals surface area contributed by atoms with E-state index in [1.165, 1.54) is 0 Å². The maximum absolute atomic E-state index is 12.4. The monoisotopic (exact) mass is 312 g/mol. The van der Waals surface area contributed by atoms with Crippen molar-refractivity contribution >= 4 is 29.1 Å². The molecule has 1 heterocycles. The first-order chi connectivity index (χ1) is 9.56. The number of amides is 1. The van der Waals surface area contributed by atoms with Crippen molar-refractivity contribution in [1.29, 1.82) is 0 Å². The second-order valence-electron chi connectivity index (χ2n) is 5.78. The molecule has 108 valence electrons. The van der Waals surface area contributed by atoms with Crippen LogP contribution in [0.5, 0.6) is 0 Å². The lowest BCUT2D eigenvalue weighted by molar-refractivity contribution is -0.133. The van der Waals surface area contributed by atoms with Gasteiger partial charge in [0, 0.05) is 35.1 Å². The molecule has 1 saturated heterocycles. The minimum Gasteiger partial charge on any atom is -0.342 e. The van der Waals surface area contributed by atoms with Crippen molar-refractivity contribution in [1.82, 2.24) is 4.90 Å². The third-order valence-corrected chi connectivity index (χ3v) is 4.88. The Morgan fingerprint density at radius 2 is 1.95 bits per heavy atom. The molecule has 3 rings (SSSR count). The molecule has 1 aromatic rings. The summed E-state index contributed by atoms with van der Waals surface area (Å²) in [4.78, 5) is 14.4. The molecule has 2 aliphatic rings. The van der Waals surface area contributed by atoms with Crippen LogP contribution in [0.4, 0.5) is 0 Å². The average Bonchev–Trinajstić information content (AvgIpc) is 3.19. The first kappa shape index (κ1) is 14.2. The topological polar surface area (TPSA) is 46.3 Å². The highest BCUT2D eigenvalue weighted by atomic mass is 35.5. The Morgan fingerprint density at radius 3 is 2.60 bits per heavy atom. The number of nitrogens with zero attached hydrogens (tertiary/aromatic N) is 1. The summed E-state index contributed by atoms with van der Waals surface area (Å²) in [6.07, 6.45) is 2.71. The van der Waals surface area contributed by atoms with Gasteiger partial charge in [-0.25, -0.2) is 0 Å². The third kappa shape index (κ3) is 2.80. The molecule has 1 aliphatic carbocycles. The second kappa shape index (κ2) is 5.55. The summed E-state index contributed by atoms with van der Waals surface area (Å²) in [5.41, 5.74) is 6.92. The summed E-state index contributed by atoms with van der Waals surface area (Å²) in [6.45, 7) is 1.58. The van der Waals surface area contributed by atoms with Crippen molar-refractivity contribution in [3.63, 3.8) is 0 Å². The van der Waals surface area contributed by atoms with E-state index in [1.807, 2.05) is 17.0 Å². The van der Waals surface area contributed by atoms with Crippen LogP contribution in [0.1, 0.15) is 30.7 Å². The zero-order chi connectivity index (χ0) is 14.3. The predicted molar refractivity (Wildman–Crippen MR) is 81.1 cm³/mol. The van der Waals surface area contributed by atoms with Gasteiger partial charge in [-0.3, -0.25) is 4.79 Å². The molecule has 1 aliphatic heterocycles. The van der Waals surface area contributed by atoms with Crippen molar-refractivity contribution in [2.24, 2.45) is 11.7 Å². The minimum atomic E-state index is 0.0861. The van der Waals surface area contributed by atoms with Gasteiger partial charge in [0.1, 0.15) is 0 Å². The Bertz CT molecular complexity index is 527. The van der Waals surface area contributed by atoms with Crippen molar-refractivity contribution in [3.05, 3.63) is 33.8 Å². The predicted octanol–water partition coefficient (Wildman–Crippen LogP) is 3.05. The standard InChI is InChI=1S/C15H18Cl2N2O/c16-9-1-2-11(14(17)7-9)12-8-13(12)15(20)19-5-3-10(18)4-6-19/h1-2,7,10,12-13H,3-6,8,18H2/t12-,13-/m0/s1. The van der Waals surface area contributed by atoms with Gasteiger partial charge in [-0.2, -0.15) is 0 Å². The highest BCUT2D eigenvalue weighted by molar-refractivity contribution is 6.35. The summed E-state index contributed by atoms with van der Waals surface area (Å²) in [5, 5.41) is 1.30. The normalized spacial score (nSPS) is 26.6. The Labute approximate surface area is 129 Å². The Hall–Kier alpha value is -0.770. The van der Waals surface area contributed by atoms with Crippen molar-refractivity contribution in [3.8, 4) is 0 Å². The summed E-state index contributed by atoms with van der Waals surface area (Å²) >= 11 is 12.1. The molecule has 0 unspecified atom stereocenters. The van der Waals surface area contributed by atoms with Gasteiger partial charge in [-0.1, -0.05) is 29.3 Å². The Balaban J connectivity index is 1.65. The highest BCUT2D eigenvalue weighted by Crippen LogP contribution is 2.50. The fourth-order valence-corrected chi connectivity index (χ4v) is 3.52. The van der Waals surface area contributed by atoms with Gasteiger partial charge < -0.3 is 10.6 Å². The van der Waals surface area contributed by atoms with Crippen molar-refractivity contribution < 1.29 is 4.79 Å². The molecule has 3 nitrogen and oxygen atoms in total. The number of nitrogens with two attached hydrogens (primary N) is 1. The number of piperidine rings is 1. The number of carbonyl (C=O) groups is 1. The number of benzene rings is 1. The maximum Gasteiger partial charge on any atom is 0.226 e. The lowest BCUT2D eigenvalue weighted by Crippen LogP contribution is -2.43. The summed E-state index contributed by atoms with van der Waals surface area (Å²) in [7, 11) is 0. The van der Waals surface area contributed by atoms with Crippen LogP contribution in [-0.2, 0) is 4.79 Å². The first-order valence-corrected chi connectivity index (χ1v) is 7.81. The van der Waals surface area contributed by atoms with Gasteiger partial charge >= 0.3 is 0 Å². The van der Waals surface area contributed by atoms with Gasteiger partial charge in [0.2, 0.25) is 5.91 Å². The number of carbonyl (C=O) groups excluding carboxylic acids is 1. The largest absolute Gasteiger partial charge is 0.342 e. The molecule has 1 saturated carbocycles. The van der Waals surface area contributed by atoms with Gasteiger partial charge in [0.05, 0.1) is 0 Å². The molecule has 2 fully saturated rings. The van der Waals surface area contributed by atoms with Crippen molar-refractivity contribution in [2.45, 2.75) is 31.2 Å². The molecule has 20 heavy (non-hydrogen) atoms. The van der Waals surface area contributed by atoms with E-state index in [4.69, 9.17) is 28.9 Å².